The van der Waals surface area contributed by atoms with Gasteiger partial charge in [0.15, 0.2) is 17.3 Å². The van der Waals surface area contributed by atoms with Crippen molar-refractivity contribution in [2.75, 3.05) is 22.3 Å². The number of aromatic nitrogens is 3. The third-order valence-electron chi connectivity index (χ3n) is 5.11. The summed E-state index contributed by atoms with van der Waals surface area (Å²) in [5, 5.41) is 22.4. The first-order chi connectivity index (χ1) is 16.1. The minimum atomic E-state index is -0.621. The molecule has 3 amide bonds. The highest BCUT2D eigenvalue weighted by molar-refractivity contribution is 7.21. The van der Waals surface area contributed by atoms with Crippen LogP contribution >= 0.6 is 22.9 Å². The minimum absolute atomic E-state index is 0.0315. The predicted octanol–water partition coefficient (Wildman–Crippen LogP) is 4.21. The van der Waals surface area contributed by atoms with Gasteiger partial charge in [-0.15, -0.1) is 11.3 Å². The van der Waals surface area contributed by atoms with Crippen LogP contribution < -0.4 is 25.0 Å². The van der Waals surface area contributed by atoms with Crippen LogP contribution in [0.3, 0.4) is 0 Å². The van der Waals surface area contributed by atoms with Crippen molar-refractivity contribution >= 4 is 68.0 Å². The fraction of sp³-hybridized carbons (Fsp3) is 0.0500. The number of nitrogens with one attached hydrogen (secondary N) is 3. The van der Waals surface area contributed by atoms with Crippen molar-refractivity contribution in [3.8, 4) is 17.6 Å². The first-order valence-corrected chi connectivity index (χ1v) is 10.6. The molecule has 2 aliphatic rings. The summed E-state index contributed by atoms with van der Waals surface area (Å²) in [6.45, 7) is -0.0315. The number of thiophene rings is 1. The number of halogens is 1. The van der Waals surface area contributed by atoms with E-state index in [9.17, 15) is 14.9 Å². The number of aromatic amines is 1. The lowest BCUT2D eigenvalue weighted by atomic mass is 10.1. The Bertz CT molecular complexity index is 1530. The Balaban J connectivity index is 1.59. The number of benzene rings is 1. The largest absolute Gasteiger partial charge is 0.454 e. The number of nitrogens with zero attached hydrogens (tertiary/aromatic N) is 4. The van der Waals surface area contributed by atoms with Crippen LogP contribution in [-0.4, -0.2) is 33.9 Å². The number of pyridine rings is 1. The lowest BCUT2D eigenvalue weighted by molar-refractivity contribution is 0.103. The van der Waals surface area contributed by atoms with Crippen LogP contribution in [0.15, 0.2) is 30.6 Å². The number of urea groups is 1. The number of anilines is 4. The summed E-state index contributed by atoms with van der Waals surface area (Å²) >= 11 is 7.55. The van der Waals surface area contributed by atoms with Crippen LogP contribution in [-0.2, 0) is 0 Å². The molecule has 0 aliphatic carbocycles. The zero-order valence-corrected chi connectivity index (χ0v) is 17.9. The summed E-state index contributed by atoms with van der Waals surface area (Å²) in [5.74, 6) is 0.541. The SMILES string of the molecule is N#Cc1cnc2sc(C(=O)Nc3cc[nH]n3)c3c2c1N(c1c(Cl)ccc2c1OCO2)C(=O)N3. The van der Waals surface area contributed by atoms with Gasteiger partial charge in [0, 0.05) is 18.5 Å². The second-order valence-corrected chi connectivity index (χ2v) is 8.33. The molecule has 5 heterocycles. The number of amides is 3. The van der Waals surface area contributed by atoms with Crippen molar-refractivity contribution < 1.29 is 19.1 Å². The molecule has 0 spiro atoms. The molecular formula is C20H10ClN7O4S. The maximum Gasteiger partial charge on any atom is 0.331 e. The first kappa shape index (κ1) is 19.4. The van der Waals surface area contributed by atoms with Crippen molar-refractivity contribution in [3.63, 3.8) is 0 Å². The highest BCUT2D eigenvalue weighted by atomic mass is 35.5. The molecule has 33 heavy (non-hydrogen) atoms. The molecule has 0 unspecified atom stereocenters. The fourth-order valence-corrected chi connectivity index (χ4v) is 5.00. The van der Waals surface area contributed by atoms with E-state index in [1.807, 2.05) is 0 Å². The standard InChI is InChI=1S/C20H10ClN7O4S/c21-9-1-2-10-16(32-7-31-10)15(9)28-14-8(5-22)6-23-19-12(14)13(26-20(28)30)17(33-19)18(29)25-11-3-4-24-27-11/h1-4,6H,7H2,(H,26,30)(H2,24,25,27,29). The van der Waals surface area contributed by atoms with Gasteiger partial charge in [-0.3, -0.25) is 14.8 Å². The Morgan fingerprint density at radius 3 is 2.97 bits per heavy atom. The molecule has 11 nitrogen and oxygen atoms in total. The Kier molecular flexibility index (Phi) is 4.16. The van der Waals surface area contributed by atoms with Gasteiger partial charge >= 0.3 is 6.03 Å². The molecule has 1 aromatic carbocycles. The van der Waals surface area contributed by atoms with Gasteiger partial charge in [0.05, 0.1) is 27.3 Å². The molecule has 0 bridgehead atoms. The molecule has 0 atom stereocenters. The maximum atomic E-state index is 13.4. The summed E-state index contributed by atoms with van der Waals surface area (Å²) in [6.07, 6.45) is 2.92. The molecule has 6 rings (SSSR count). The van der Waals surface area contributed by atoms with Crippen LogP contribution in [0.25, 0.3) is 10.2 Å². The van der Waals surface area contributed by atoms with Crippen molar-refractivity contribution in [1.29, 1.82) is 5.26 Å². The number of H-pyrrole nitrogens is 1. The fourth-order valence-electron chi connectivity index (χ4n) is 3.76. The quantitative estimate of drug-likeness (QED) is 0.399. The zero-order chi connectivity index (χ0) is 22.7. The number of nitriles is 1. The van der Waals surface area contributed by atoms with Gasteiger partial charge in [0.1, 0.15) is 21.5 Å². The van der Waals surface area contributed by atoms with Gasteiger partial charge in [0.2, 0.25) is 6.79 Å². The van der Waals surface area contributed by atoms with E-state index in [4.69, 9.17) is 21.1 Å². The molecule has 3 aromatic heterocycles. The molecule has 0 fully saturated rings. The number of carbonyl (C=O) groups is 2. The van der Waals surface area contributed by atoms with E-state index in [1.54, 1.807) is 24.4 Å². The highest BCUT2D eigenvalue weighted by Gasteiger charge is 2.38. The average Bonchev–Trinajstić information content (AvgIpc) is 3.55. The predicted molar refractivity (Wildman–Crippen MR) is 120 cm³/mol. The lowest BCUT2D eigenvalue weighted by Gasteiger charge is -2.30. The van der Waals surface area contributed by atoms with Crippen molar-refractivity contribution in [1.82, 2.24) is 15.2 Å². The first-order valence-electron chi connectivity index (χ1n) is 9.42. The van der Waals surface area contributed by atoms with E-state index in [1.165, 1.54) is 11.1 Å². The van der Waals surface area contributed by atoms with E-state index in [-0.39, 0.29) is 45.1 Å². The van der Waals surface area contributed by atoms with Crippen LogP contribution in [0, 0.1) is 11.3 Å². The summed E-state index contributed by atoms with van der Waals surface area (Å²) in [5.41, 5.74) is 0.864. The van der Waals surface area contributed by atoms with Gasteiger partial charge in [-0.2, -0.15) is 10.4 Å². The van der Waals surface area contributed by atoms with Crippen molar-refractivity contribution in [3.05, 3.63) is 46.1 Å². The second-order valence-electron chi connectivity index (χ2n) is 6.93. The van der Waals surface area contributed by atoms with Crippen molar-refractivity contribution in [2.24, 2.45) is 0 Å². The van der Waals surface area contributed by atoms with E-state index in [2.05, 4.69) is 31.9 Å². The number of ether oxygens (including phenoxy) is 2. The van der Waals surface area contributed by atoms with Crippen LogP contribution in [0.4, 0.5) is 27.7 Å². The topological polar surface area (TPSA) is 145 Å². The Morgan fingerprint density at radius 1 is 1.30 bits per heavy atom. The van der Waals surface area contributed by atoms with Gasteiger partial charge in [-0.25, -0.2) is 9.78 Å². The molecule has 3 N–H and O–H groups in total. The molecule has 0 radical (unpaired) electrons. The lowest BCUT2D eigenvalue weighted by Crippen LogP contribution is -2.35. The molecule has 2 aliphatic heterocycles. The van der Waals surface area contributed by atoms with E-state index in [0.29, 0.717) is 21.8 Å². The van der Waals surface area contributed by atoms with Crippen LogP contribution in [0.1, 0.15) is 15.2 Å². The van der Waals surface area contributed by atoms with E-state index < -0.39 is 11.9 Å². The zero-order valence-electron chi connectivity index (χ0n) is 16.3. The van der Waals surface area contributed by atoms with Gasteiger partial charge < -0.3 is 20.1 Å². The summed E-state index contributed by atoms with van der Waals surface area (Å²) in [7, 11) is 0. The average molecular weight is 480 g/mol. The monoisotopic (exact) mass is 479 g/mol. The second kappa shape index (κ2) is 7.09. The molecule has 0 saturated carbocycles. The summed E-state index contributed by atoms with van der Waals surface area (Å²) in [4.78, 5) is 32.6. The number of hydrogen-bond acceptors (Lipinski definition) is 8. The Labute approximate surface area is 193 Å². The Hall–Kier alpha value is -4.34. The molecule has 4 aromatic rings. The van der Waals surface area contributed by atoms with E-state index in [0.717, 1.165) is 11.3 Å². The minimum Gasteiger partial charge on any atom is -0.454 e. The molecular weight excluding hydrogens is 470 g/mol. The molecule has 13 heteroatoms. The third-order valence-corrected chi connectivity index (χ3v) is 6.51. The Morgan fingerprint density at radius 2 is 2.18 bits per heavy atom. The number of carbonyl (C=O) groups excluding carboxylic acids is 2. The third kappa shape index (κ3) is 2.80. The summed E-state index contributed by atoms with van der Waals surface area (Å²) < 4.78 is 11.0. The highest BCUT2D eigenvalue weighted by Crippen LogP contribution is 2.53. The summed E-state index contributed by atoms with van der Waals surface area (Å²) in [6, 6.07) is 6.26. The molecule has 162 valence electrons. The number of hydrogen-bond donors (Lipinski definition) is 3. The smallest absolute Gasteiger partial charge is 0.331 e. The number of fused-ring (bicyclic) bond motifs is 1. The van der Waals surface area contributed by atoms with E-state index >= 15 is 0 Å². The van der Waals surface area contributed by atoms with Crippen molar-refractivity contribution in [2.45, 2.75) is 0 Å². The van der Waals surface area contributed by atoms with Gasteiger partial charge in [0.25, 0.3) is 5.91 Å². The number of rotatable bonds is 3. The normalized spacial score (nSPS) is 13.7. The molecule has 0 saturated heterocycles. The van der Waals surface area contributed by atoms with Gasteiger partial charge in [-0.05, 0) is 12.1 Å². The van der Waals surface area contributed by atoms with Gasteiger partial charge in [-0.1, -0.05) is 11.6 Å². The van der Waals surface area contributed by atoms with Crippen LogP contribution in [0.5, 0.6) is 11.5 Å². The maximum absolute atomic E-state index is 13.4. The van der Waals surface area contributed by atoms with Crippen LogP contribution in [0.2, 0.25) is 5.02 Å².